The molecule has 1 heterocycles. The molecule has 2 rings (SSSR count). The number of hydrogen-bond acceptors (Lipinski definition) is 3. The molecule has 16 heavy (non-hydrogen) atoms. The summed E-state index contributed by atoms with van der Waals surface area (Å²) >= 11 is 1.67. The van der Waals surface area contributed by atoms with Gasteiger partial charge in [-0.25, -0.2) is 4.98 Å². The highest BCUT2D eigenvalue weighted by Crippen LogP contribution is 2.27. The molecule has 0 saturated heterocycles. The summed E-state index contributed by atoms with van der Waals surface area (Å²) in [5, 5.41) is 7.45. The molecule has 1 aromatic heterocycles. The Morgan fingerprint density at radius 1 is 1.31 bits per heavy atom. The van der Waals surface area contributed by atoms with Crippen molar-refractivity contribution in [3.8, 4) is 10.4 Å². The fourth-order valence-electron chi connectivity index (χ4n) is 1.66. The molecule has 0 saturated carbocycles. The minimum atomic E-state index is 0.696. The van der Waals surface area contributed by atoms with E-state index in [1.54, 1.807) is 11.3 Å². The van der Waals surface area contributed by atoms with Gasteiger partial charge in [0.05, 0.1) is 16.1 Å². The van der Waals surface area contributed by atoms with E-state index in [2.05, 4.69) is 29.2 Å². The highest BCUT2D eigenvalue weighted by atomic mass is 32.1. The maximum Gasteiger partial charge on any atom is 0.0801 e. The van der Waals surface area contributed by atoms with Crippen molar-refractivity contribution >= 4 is 17.0 Å². The Morgan fingerprint density at radius 3 is 2.50 bits per heavy atom. The molecule has 0 radical (unpaired) electrons. The lowest BCUT2D eigenvalue weighted by molar-refractivity contribution is 1.26. The van der Waals surface area contributed by atoms with Gasteiger partial charge in [0, 0.05) is 12.1 Å². The van der Waals surface area contributed by atoms with E-state index in [9.17, 15) is 0 Å². The van der Waals surface area contributed by atoms with Gasteiger partial charge in [-0.1, -0.05) is 24.3 Å². The maximum atomic E-state index is 7.45. The fraction of sp³-hybridized carbons (Fsp3) is 0.231. The summed E-state index contributed by atoms with van der Waals surface area (Å²) < 4.78 is 0. The Hall–Kier alpha value is -1.48. The van der Waals surface area contributed by atoms with Crippen LogP contribution in [-0.2, 0) is 6.42 Å². The Morgan fingerprint density at radius 2 is 2.00 bits per heavy atom. The van der Waals surface area contributed by atoms with Crippen LogP contribution in [0.25, 0.3) is 10.4 Å². The third-order valence-corrected chi connectivity index (χ3v) is 3.41. The monoisotopic (exact) mass is 230 g/mol. The Bertz CT molecular complexity index is 497. The third kappa shape index (κ3) is 2.36. The van der Waals surface area contributed by atoms with Crippen LogP contribution >= 0.6 is 11.3 Å². The zero-order chi connectivity index (χ0) is 11.5. The molecule has 1 aromatic carbocycles. The average molecular weight is 230 g/mol. The summed E-state index contributed by atoms with van der Waals surface area (Å²) in [6, 6.07) is 8.40. The first-order valence-corrected chi connectivity index (χ1v) is 6.08. The number of benzene rings is 1. The quantitative estimate of drug-likeness (QED) is 0.802. The number of thiazole rings is 1. The topological polar surface area (TPSA) is 36.7 Å². The van der Waals surface area contributed by atoms with Crippen LogP contribution in [0.15, 0.2) is 29.8 Å². The molecule has 0 amide bonds. The number of nitrogens with one attached hydrogen (secondary N) is 1. The molecular weight excluding hydrogens is 216 g/mol. The van der Waals surface area contributed by atoms with Crippen LogP contribution in [0.2, 0.25) is 0 Å². The van der Waals surface area contributed by atoms with E-state index >= 15 is 0 Å². The Labute approximate surface area is 99.5 Å². The van der Waals surface area contributed by atoms with Crippen molar-refractivity contribution in [3.05, 3.63) is 41.0 Å². The summed E-state index contributed by atoms with van der Waals surface area (Å²) in [5.41, 5.74) is 6.06. The number of aryl methyl sites for hydroxylation is 1. The molecule has 1 N–H and O–H groups in total. The second-order valence-electron chi connectivity index (χ2n) is 3.92. The van der Waals surface area contributed by atoms with Crippen molar-refractivity contribution < 1.29 is 0 Å². The molecule has 0 unspecified atom stereocenters. The molecular formula is C13H14N2S. The molecule has 2 aromatic rings. The first-order chi connectivity index (χ1) is 7.66. The minimum Gasteiger partial charge on any atom is -0.310 e. The van der Waals surface area contributed by atoms with Gasteiger partial charge in [0.1, 0.15) is 0 Å². The van der Waals surface area contributed by atoms with E-state index in [4.69, 9.17) is 5.41 Å². The molecule has 0 aliphatic rings. The Kier molecular flexibility index (Phi) is 3.15. The SMILES string of the molecule is CC(=N)Cc1ccc(-c2scnc2C)cc1. The van der Waals surface area contributed by atoms with Crippen molar-refractivity contribution in [2.75, 3.05) is 0 Å². The van der Waals surface area contributed by atoms with Gasteiger partial charge in [0.15, 0.2) is 0 Å². The van der Waals surface area contributed by atoms with Gasteiger partial charge in [-0.05, 0) is 25.0 Å². The van der Waals surface area contributed by atoms with Crippen molar-refractivity contribution in [2.45, 2.75) is 20.3 Å². The lowest BCUT2D eigenvalue weighted by atomic mass is 10.1. The number of rotatable bonds is 3. The van der Waals surface area contributed by atoms with Crippen molar-refractivity contribution in [1.82, 2.24) is 4.98 Å². The largest absolute Gasteiger partial charge is 0.310 e. The predicted molar refractivity (Wildman–Crippen MR) is 69.4 cm³/mol. The highest BCUT2D eigenvalue weighted by Gasteiger charge is 2.04. The molecule has 0 atom stereocenters. The smallest absolute Gasteiger partial charge is 0.0801 e. The van der Waals surface area contributed by atoms with Crippen LogP contribution in [0.1, 0.15) is 18.2 Å². The van der Waals surface area contributed by atoms with Crippen molar-refractivity contribution in [3.63, 3.8) is 0 Å². The molecule has 0 aliphatic heterocycles. The lowest BCUT2D eigenvalue weighted by Gasteiger charge is -2.02. The van der Waals surface area contributed by atoms with Crippen LogP contribution in [0.3, 0.4) is 0 Å². The van der Waals surface area contributed by atoms with Gasteiger partial charge >= 0.3 is 0 Å². The predicted octanol–water partition coefficient (Wildman–Crippen LogP) is 3.70. The second kappa shape index (κ2) is 4.58. The van der Waals surface area contributed by atoms with Crippen LogP contribution in [0.5, 0.6) is 0 Å². The van der Waals surface area contributed by atoms with Crippen LogP contribution in [-0.4, -0.2) is 10.7 Å². The minimum absolute atomic E-state index is 0.696. The van der Waals surface area contributed by atoms with Gasteiger partial charge in [-0.15, -0.1) is 11.3 Å². The third-order valence-electron chi connectivity index (χ3n) is 2.43. The molecule has 3 heteroatoms. The Balaban J connectivity index is 2.26. The number of hydrogen-bond donors (Lipinski definition) is 1. The molecule has 0 fully saturated rings. The van der Waals surface area contributed by atoms with E-state index in [0.717, 1.165) is 12.1 Å². The zero-order valence-electron chi connectivity index (χ0n) is 9.45. The van der Waals surface area contributed by atoms with E-state index in [0.29, 0.717) is 5.71 Å². The van der Waals surface area contributed by atoms with E-state index in [-0.39, 0.29) is 0 Å². The van der Waals surface area contributed by atoms with E-state index in [1.807, 2.05) is 19.4 Å². The summed E-state index contributed by atoms with van der Waals surface area (Å²) in [7, 11) is 0. The maximum absolute atomic E-state index is 7.45. The normalized spacial score (nSPS) is 10.4. The average Bonchev–Trinajstić information content (AvgIpc) is 2.65. The van der Waals surface area contributed by atoms with Crippen LogP contribution < -0.4 is 0 Å². The van der Waals surface area contributed by atoms with Gasteiger partial charge in [0.25, 0.3) is 0 Å². The van der Waals surface area contributed by atoms with Crippen LogP contribution in [0.4, 0.5) is 0 Å². The van der Waals surface area contributed by atoms with Gasteiger partial charge in [0.2, 0.25) is 0 Å². The fourth-order valence-corrected chi connectivity index (χ4v) is 2.47. The summed E-state index contributed by atoms with van der Waals surface area (Å²) in [6.07, 6.45) is 0.738. The first-order valence-electron chi connectivity index (χ1n) is 5.20. The summed E-state index contributed by atoms with van der Waals surface area (Å²) in [4.78, 5) is 5.48. The summed E-state index contributed by atoms with van der Waals surface area (Å²) in [6.45, 7) is 3.86. The molecule has 82 valence electrons. The van der Waals surface area contributed by atoms with Gasteiger partial charge in [-0.2, -0.15) is 0 Å². The highest BCUT2D eigenvalue weighted by molar-refractivity contribution is 7.13. The van der Waals surface area contributed by atoms with Gasteiger partial charge < -0.3 is 5.41 Å². The zero-order valence-corrected chi connectivity index (χ0v) is 10.3. The lowest BCUT2D eigenvalue weighted by Crippen LogP contribution is -1.94. The van der Waals surface area contributed by atoms with Crippen molar-refractivity contribution in [2.24, 2.45) is 0 Å². The first kappa shape index (κ1) is 11.0. The van der Waals surface area contributed by atoms with E-state index < -0.39 is 0 Å². The van der Waals surface area contributed by atoms with Crippen molar-refractivity contribution in [1.29, 1.82) is 5.41 Å². The standard InChI is InChI=1S/C13H14N2S/c1-9(14)7-11-3-5-12(6-4-11)13-10(2)15-8-16-13/h3-6,8,14H,7H2,1-2H3. The molecule has 0 bridgehead atoms. The van der Waals surface area contributed by atoms with Gasteiger partial charge in [-0.3, -0.25) is 0 Å². The number of nitrogens with zero attached hydrogens (tertiary/aromatic N) is 1. The molecule has 0 spiro atoms. The molecule has 2 nitrogen and oxygen atoms in total. The van der Waals surface area contributed by atoms with E-state index in [1.165, 1.54) is 16.0 Å². The molecule has 0 aliphatic carbocycles. The summed E-state index contributed by atoms with van der Waals surface area (Å²) in [5.74, 6) is 0. The van der Waals surface area contributed by atoms with Crippen LogP contribution in [0, 0.1) is 12.3 Å². The second-order valence-corrected chi connectivity index (χ2v) is 4.78. The number of aromatic nitrogens is 1.